The maximum absolute atomic E-state index is 12.7. The molecule has 0 aliphatic carbocycles. The minimum Gasteiger partial charge on any atom is -0.462 e. The number of nitrogens with two attached hydrogens (primary N) is 1. The molecule has 0 spiro atoms. The molecule has 1 fully saturated rings. The van der Waals surface area contributed by atoms with E-state index in [1.54, 1.807) is 37.3 Å². The largest absolute Gasteiger partial charge is 0.462 e. The number of carbonyl (C=O) groups is 3. The second-order valence-electron chi connectivity index (χ2n) is 5.68. The van der Waals surface area contributed by atoms with Crippen molar-refractivity contribution >= 4 is 40.9 Å². The molecular weight excluding hydrogens is 352 g/mol. The number of esters is 1. The molecule has 2 amide bonds. The zero-order valence-corrected chi connectivity index (χ0v) is 15.0. The first-order valence-corrected chi connectivity index (χ1v) is 9.04. The third-order valence-electron chi connectivity index (χ3n) is 3.93. The minimum atomic E-state index is -0.517. The van der Waals surface area contributed by atoms with Gasteiger partial charge in [-0.3, -0.25) is 9.59 Å². The smallest absolute Gasteiger partial charge is 0.338 e. The molecule has 0 bridgehead atoms. The number of imide groups is 1. The third kappa shape index (κ3) is 3.57. The molecule has 1 heterocycles. The number of nitrogen functional groups attached to an aromatic ring is 1. The van der Waals surface area contributed by atoms with E-state index in [1.807, 2.05) is 18.2 Å². The van der Waals surface area contributed by atoms with Crippen LogP contribution in [-0.2, 0) is 14.3 Å². The van der Waals surface area contributed by atoms with Gasteiger partial charge in [-0.25, -0.2) is 9.69 Å². The first kappa shape index (κ1) is 18.0. The van der Waals surface area contributed by atoms with Crippen molar-refractivity contribution in [1.29, 1.82) is 0 Å². The van der Waals surface area contributed by atoms with E-state index >= 15 is 0 Å². The molecule has 0 radical (unpaired) electrons. The number of hydrogen-bond acceptors (Lipinski definition) is 6. The first-order valence-electron chi connectivity index (χ1n) is 8.16. The Bertz CT molecular complexity index is 851. The summed E-state index contributed by atoms with van der Waals surface area (Å²) in [7, 11) is 0. The molecule has 2 aromatic rings. The van der Waals surface area contributed by atoms with Gasteiger partial charge in [-0.2, -0.15) is 0 Å². The van der Waals surface area contributed by atoms with Gasteiger partial charge in [-0.1, -0.05) is 12.1 Å². The molecule has 1 atom stereocenters. The Hall–Kier alpha value is -2.80. The molecule has 2 N–H and O–H groups in total. The number of ether oxygens (including phenoxy) is 1. The lowest BCUT2D eigenvalue weighted by Crippen LogP contribution is -2.31. The van der Waals surface area contributed by atoms with Crippen LogP contribution in [0.4, 0.5) is 11.4 Å². The van der Waals surface area contributed by atoms with Crippen LogP contribution < -0.4 is 10.6 Å². The lowest BCUT2D eigenvalue weighted by atomic mass is 10.2. The first-order chi connectivity index (χ1) is 12.5. The molecule has 1 aliphatic rings. The number of hydrogen-bond donors (Lipinski definition) is 1. The normalized spacial score (nSPS) is 16.8. The van der Waals surface area contributed by atoms with Gasteiger partial charge in [0.25, 0.3) is 0 Å². The van der Waals surface area contributed by atoms with Gasteiger partial charge in [0.15, 0.2) is 0 Å². The quantitative estimate of drug-likeness (QED) is 0.494. The molecule has 26 heavy (non-hydrogen) atoms. The van der Waals surface area contributed by atoms with Crippen molar-refractivity contribution in [2.24, 2.45) is 0 Å². The highest BCUT2D eigenvalue weighted by Crippen LogP contribution is 2.36. The van der Waals surface area contributed by atoms with E-state index < -0.39 is 11.2 Å². The van der Waals surface area contributed by atoms with Crippen LogP contribution in [0.25, 0.3) is 0 Å². The number of anilines is 2. The fraction of sp³-hybridized carbons (Fsp3) is 0.211. The van der Waals surface area contributed by atoms with Gasteiger partial charge in [-0.15, -0.1) is 11.8 Å². The van der Waals surface area contributed by atoms with E-state index in [4.69, 9.17) is 10.5 Å². The predicted molar refractivity (Wildman–Crippen MR) is 100 cm³/mol. The molecule has 134 valence electrons. The van der Waals surface area contributed by atoms with Crippen molar-refractivity contribution < 1.29 is 19.1 Å². The van der Waals surface area contributed by atoms with E-state index in [9.17, 15) is 14.4 Å². The molecule has 3 rings (SSSR count). The Labute approximate surface area is 155 Å². The number of para-hydroxylation sites is 1. The summed E-state index contributed by atoms with van der Waals surface area (Å²) >= 11 is 1.29. The Morgan fingerprint density at radius 1 is 1.19 bits per heavy atom. The Kier molecular flexibility index (Phi) is 5.27. The van der Waals surface area contributed by atoms with E-state index in [1.165, 1.54) is 11.8 Å². The Morgan fingerprint density at radius 2 is 1.88 bits per heavy atom. The topological polar surface area (TPSA) is 89.7 Å². The highest BCUT2D eigenvalue weighted by Gasteiger charge is 2.40. The second-order valence-corrected chi connectivity index (χ2v) is 6.93. The van der Waals surface area contributed by atoms with Crippen LogP contribution in [0, 0.1) is 0 Å². The van der Waals surface area contributed by atoms with Gasteiger partial charge in [-0.05, 0) is 43.3 Å². The fourth-order valence-electron chi connectivity index (χ4n) is 2.67. The summed E-state index contributed by atoms with van der Waals surface area (Å²) in [6, 6.07) is 13.5. The van der Waals surface area contributed by atoms with Crippen molar-refractivity contribution in [1.82, 2.24) is 0 Å². The summed E-state index contributed by atoms with van der Waals surface area (Å²) in [5, 5.41) is -0.517. The monoisotopic (exact) mass is 370 g/mol. The zero-order valence-electron chi connectivity index (χ0n) is 14.2. The van der Waals surface area contributed by atoms with Gasteiger partial charge in [0.05, 0.1) is 23.1 Å². The van der Waals surface area contributed by atoms with Crippen molar-refractivity contribution in [3.63, 3.8) is 0 Å². The molecule has 1 aliphatic heterocycles. The number of carbonyl (C=O) groups excluding carboxylic acids is 3. The second kappa shape index (κ2) is 7.61. The minimum absolute atomic E-state index is 0.109. The van der Waals surface area contributed by atoms with E-state index in [-0.39, 0.29) is 24.8 Å². The number of benzene rings is 2. The molecule has 0 saturated carbocycles. The van der Waals surface area contributed by atoms with Crippen molar-refractivity contribution in [3.8, 4) is 0 Å². The summed E-state index contributed by atoms with van der Waals surface area (Å²) in [5.41, 5.74) is 7.31. The van der Waals surface area contributed by atoms with Gasteiger partial charge < -0.3 is 10.5 Å². The lowest BCUT2D eigenvalue weighted by molar-refractivity contribution is -0.121. The SMILES string of the molecule is CCOC(=O)c1ccc(N2C(=O)CC(Sc3ccccc3N)C2=O)cc1. The molecule has 6 nitrogen and oxygen atoms in total. The third-order valence-corrected chi connectivity index (χ3v) is 5.21. The van der Waals surface area contributed by atoms with Gasteiger partial charge in [0.1, 0.15) is 0 Å². The Balaban J connectivity index is 1.77. The molecule has 7 heteroatoms. The van der Waals surface area contributed by atoms with Crippen LogP contribution in [0.2, 0.25) is 0 Å². The molecule has 1 saturated heterocycles. The van der Waals surface area contributed by atoms with E-state index in [2.05, 4.69) is 0 Å². The highest BCUT2D eigenvalue weighted by molar-refractivity contribution is 8.00. The van der Waals surface area contributed by atoms with Crippen LogP contribution in [0.15, 0.2) is 53.4 Å². The maximum atomic E-state index is 12.7. The highest BCUT2D eigenvalue weighted by atomic mass is 32.2. The number of thioether (sulfide) groups is 1. The van der Waals surface area contributed by atoms with Crippen LogP contribution in [0.3, 0.4) is 0 Å². The van der Waals surface area contributed by atoms with Gasteiger partial charge >= 0.3 is 5.97 Å². The average Bonchev–Trinajstić information content (AvgIpc) is 2.91. The standard InChI is InChI=1S/C19H18N2O4S/c1-2-25-19(24)12-7-9-13(10-8-12)21-17(22)11-16(18(21)23)26-15-6-4-3-5-14(15)20/h3-10,16H,2,11,20H2,1H3. The van der Waals surface area contributed by atoms with Gasteiger partial charge in [0, 0.05) is 17.0 Å². The maximum Gasteiger partial charge on any atom is 0.338 e. The summed E-state index contributed by atoms with van der Waals surface area (Å²) in [6.45, 7) is 2.01. The molecular formula is C19H18N2O4S. The number of nitrogens with zero attached hydrogens (tertiary/aromatic N) is 1. The van der Waals surface area contributed by atoms with E-state index in [0.717, 1.165) is 9.80 Å². The molecule has 1 unspecified atom stereocenters. The summed E-state index contributed by atoms with van der Waals surface area (Å²) in [4.78, 5) is 38.7. The van der Waals surface area contributed by atoms with Crippen molar-refractivity contribution in [2.45, 2.75) is 23.5 Å². The predicted octanol–water partition coefficient (Wildman–Crippen LogP) is 2.87. The summed E-state index contributed by atoms with van der Waals surface area (Å²) in [5.74, 6) is -0.996. The van der Waals surface area contributed by atoms with Crippen molar-refractivity contribution in [2.75, 3.05) is 17.2 Å². The number of rotatable bonds is 5. The van der Waals surface area contributed by atoms with Crippen LogP contribution >= 0.6 is 11.8 Å². The lowest BCUT2D eigenvalue weighted by Gasteiger charge is -2.15. The van der Waals surface area contributed by atoms with E-state index in [0.29, 0.717) is 16.9 Å². The average molecular weight is 370 g/mol. The summed E-state index contributed by atoms with van der Waals surface area (Å²) in [6.07, 6.45) is 0.109. The molecule has 0 aromatic heterocycles. The zero-order chi connectivity index (χ0) is 18.7. The van der Waals surface area contributed by atoms with Crippen LogP contribution in [0.1, 0.15) is 23.7 Å². The van der Waals surface area contributed by atoms with Gasteiger partial charge in [0.2, 0.25) is 11.8 Å². The Morgan fingerprint density at radius 3 is 2.54 bits per heavy atom. The summed E-state index contributed by atoms with van der Waals surface area (Å²) < 4.78 is 4.93. The van der Waals surface area contributed by atoms with Crippen LogP contribution in [0.5, 0.6) is 0 Å². The fourth-order valence-corrected chi connectivity index (χ4v) is 3.77. The molecule has 2 aromatic carbocycles. The van der Waals surface area contributed by atoms with Crippen molar-refractivity contribution in [3.05, 3.63) is 54.1 Å². The van der Waals surface area contributed by atoms with Crippen LogP contribution in [-0.4, -0.2) is 29.6 Å². The number of amides is 2.